The van der Waals surface area contributed by atoms with E-state index < -0.39 is 10.9 Å². The molecular weight excluding hydrogens is 615 g/mol. The zero-order valence-electron chi connectivity index (χ0n) is 28.1. The van der Waals surface area contributed by atoms with Gasteiger partial charge in [0.15, 0.2) is 0 Å². The van der Waals surface area contributed by atoms with Crippen molar-refractivity contribution in [3.05, 3.63) is 75.6 Å². The SMILES string of the molecule is [B]/C(C)=C([B])/C([B])=c1/c(-n2c(C([B])([B])[B])nc3ccccc32)c2c([B])c([B])c([B])c([B])c2c(-c2ccccc2-c2c([B])c([B])c([B])c([B])c2O)c1=[B]. The predicted molar refractivity (Wildman–Crippen MR) is 231 cm³/mol. The van der Waals surface area contributed by atoms with Crippen molar-refractivity contribution in [2.45, 2.75) is 12.0 Å². The van der Waals surface area contributed by atoms with E-state index in [1.807, 2.05) is 0 Å². The van der Waals surface area contributed by atoms with Gasteiger partial charge in [0, 0.05) is 0 Å². The van der Waals surface area contributed by atoms with E-state index in [-0.39, 0.29) is 104 Å². The first-order valence-electron chi connectivity index (χ1n) is 15.6. The molecule has 18 heteroatoms. The Labute approximate surface area is 322 Å². The normalized spacial score (nSPS) is 13.0. The van der Waals surface area contributed by atoms with Crippen LogP contribution in [0.25, 0.3) is 55.2 Å². The summed E-state index contributed by atoms with van der Waals surface area (Å²) < 4.78 is 1.56. The number of phenols is 1. The first-order chi connectivity index (χ1) is 24.3. The van der Waals surface area contributed by atoms with Crippen molar-refractivity contribution in [2.24, 2.45) is 0 Å². The fourth-order valence-corrected chi connectivity index (χ4v) is 6.52. The van der Waals surface area contributed by atoms with E-state index in [0.29, 0.717) is 22.2 Å². The van der Waals surface area contributed by atoms with Gasteiger partial charge in [-0.2, -0.15) is 0 Å². The van der Waals surface area contributed by atoms with Crippen molar-refractivity contribution >= 4 is 188 Å². The Kier molecular flexibility index (Phi) is 9.90. The van der Waals surface area contributed by atoms with Crippen LogP contribution >= 0.6 is 0 Å². The van der Waals surface area contributed by atoms with Gasteiger partial charge in [-0.05, 0) is 0 Å². The zero-order chi connectivity index (χ0) is 38.3. The second-order valence-corrected chi connectivity index (χ2v) is 12.5. The van der Waals surface area contributed by atoms with Gasteiger partial charge in [-0.1, -0.05) is 0 Å². The Morgan fingerprint density at radius 1 is 0.654 bits per heavy atom. The van der Waals surface area contributed by atoms with Gasteiger partial charge in [0.25, 0.3) is 0 Å². The number of hydrogen-bond acceptors (Lipinski definition) is 2. The summed E-state index contributed by atoms with van der Waals surface area (Å²) in [7, 11) is 97.7. The van der Waals surface area contributed by atoms with Gasteiger partial charge < -0.3 is 0 Å². The maximum atomic E-state index is 11.4. The van der Waals surface area contributed by atoms with Gasteiger partial charge in [-0.15, -0.1) is 0 Å². The molecule has 0 unspecified atom stereocenters. The molecule has 209 valence electrons. The molecule has 0 saturated heterocycles. The van der Waals surface area contributed by atoms with Crippen LogP contribution < -0.4 is 48.9 Å². The molecular formula is C34H12B15N2O. The van der Waals surface area contributed by atoms with Crippen LogP contribution in [0.15, 0.2) is 59.5 Å². The second-order valence-electron chi connectivity index (χ2n) is 12.5. The summed E-state index contributed by atoms with van der Waals surface area (Å²) in [6.45, 7) is 1.56. The van der Waals surface area contributed by atoms with E-state index in [9.17, 15) is 5.11 Å². The van der Waals surface area contributed by atoms with Gasteiger partial charge in [0.2, 0.25) is 0 Å². The third-order valence-electron chi connectivity index (χ3n) is 9.18. The van der Waals surface area contributed by atoms with Crippen molar-refractivity contribution in [2.75, 3.05) is 0 Å². The molecule has 52 heavy (non-hydrogen) atoms. The molecule has 1 N–H and O–H groups in total. The number of nitrogens with zero attached hydrogens (tertiary/aromatic N) is 2. The monoisotopic (exact) mass is 629 g/mol. The van der Waals surface area contributed by atoms with Crippen LogP contribution in [-0.2, 0) is 5.11 Å². The Balaban J connectivity index is 2.02. The maximum absolute atomic E-state index is 11.4. The molecule has 0 atom stereocenters. The number of hydrogen-bond donors (Lipinski definition) is 1. The topological polar surface area (TPSA) is 38.0 Å². The van der Waals surface area contributed by atoms with Gasteiger partial charge in [0.05, 0.1) is 0 Å². The standard InChI is InChI=1S/C34H12B15N2O/c1-10(35)20(36)25(41)19-21(37)15(11-6-2-3-7-12(11)16-22(38)26(42)29(45)30(46)32(16)52)17-18(24(40)28(44)27(43)23(17)39)31(19)51-14-9-5-4-8-13(14)50-33(51)34(47,48)49/h2-9,52H,1H3/b20-10-,25-19-. The second kappa shape index (κ2) is 13.6. The molecule has 1 aromatic heterocycles. The third-order valence-corrected chi connectivity index (χ3v) is 9.18. The first-order valence-corrected chi connectivity index (χ1v) is 15.6. The molecule has 6 aromatic rings. The number of aromatic nitrogens is 2. The van der Waals surface area contributed by atoms with Crippen molar-refractivity contribution in [1.82, 2.24) is 9.55 Å². The van der Waals surface area contributed by atoms with E-state index in [0.717, 1.165) is 0 Å². The molecule has 0 aliphatic rings. The Morgan fingerprint density at radius 3 is 1.73 bits per heavy atom. The molecule has 0 amide bonds. The molecule has 5 aromatic carbocycles. The molecule has 0 saturated carbocycles. The molecule has 0 aliphatic carbocycles. The Hall–Kier alpha value is -3.79. The van der Waals surface area contributed by atoms with Crippen molar-refractivity contribution in [3.8, 4) is 33.7 Å². The molecule has 3 nitrogen and oxygen atoms in total. The summed E-state index contributed by atoms with van der Waals surface area (Å²) in [5, 5.41) is 9.81. The Bertz CT molecular complexity index is 2650. The molecule has 0 aliphatic heterocycles. The fraction of sp³-hybridized carbons (Fsp3) is 0.0588. The van der Waals surface area contributed by atoms with Gasteiger partial charge >= 0.3 is 324 Å². The van der Waals surface area contributed by atoms with Crippen LogP contribution in [-0.4, -0.2) is 132 Å². The summed E-state index contributed by atoms with van der Waals surface area (Å²) in [6.07, 6.45) is 0. The van der Waals surface area contributed by atoms with Gasteiger partial charge in [-0.3, -0.25) is 0 Å². The van der Waals surface area contributed by atoms with Crippen LogP contribution in [0.1, 0.15) is 12.7 Å². The van der Waals surface area contributed by atoms with Gasteiger partial charge in [-0.25, -0.2) is 0 Å². The van der Waals surface area contributed by atoms with Crippen LogP contribution in [0, 0.1) is 5.11 Å². The number of aromatic hydroxyl groups is 1. The molecule has 29 radical (unpaired) electrons. The summed E-state index contributed by atoms with van der Waals surface area (Å²) in [5.41, 5.74) is 1.59. The molecule has 1 heterocycles. The predicted octanol–water partition coefficient (Wildman–Crippen LogP) is -5.55. The number of benzene rings is 5. The molecule has 0 bridgehead atoms. The molecule has 6 rings (SSSR count). The van der Waals surface area contributed by atoms with Crippen LogP contribution in [0.4, 0.5) is 0 Å². The zero-order valence-corrected chi connectivity index (χ0v) is 28.1. The summed E-state index contributed by atoms with van der Waals surface area (Å²) in [6, 6.07) is 13.8. The summed E-state index contributed by atoms with van der Waals surface area (Å²) >= 11 is 0. The van der Waals surface area contributed by atoms with Crippen molar-refractivity contribution in [3.63, 3.8) is 0 Å². The van der Waals surface area contributed by atoms with E-state index in [4.69, 9.17) is 117 Å². The van der Waals surface area contributed by atoms with Crippen LogP contribution in [0.2, 0.25) is 0 Å². The fourth-order valence-electron chi connectivity index (χ4n) is 6.52. The number of fused-ring (bicyclic) bond motifs is 2. The van der Waals surface area contributed by atoms with E-state index in [1.54, 1.807) is 60.0 Å². The Morgan fingerprint density at radius 2 is 1.15 bits per heavy atom. The number of imidazole rings is 1. The average Bonchev–Trinajstić information content (AvgIpc) is 3.51. The number of phenolic OH excluding ortho intramolecular Hbond substituents is 1. The van der Waals surface area contributed by atoms with Crippen molar-refractivity contribution < 1.29 is 5.11 Å². The molecule has 0 fully saturated rings. The average molecular weight is 627 g/mol. The molecule has 0 spiro atoms. The minimum atomic E-state index is -2.04. The number of allylic oxidation sites excluding steroid dienone is 2. The van der Waals surface area contributed by atoms with Crippen LogP contribution in [0.3, 0.4) is 0 Å². The number of rotatable bonds is 5. The summed E-state index contributed by atoms with van der Waals surface area (Å²) in [4.78, 5) is 4.67. The van der Waals surface area contributed by atoms with Gasteiger partial charge in [0.1, 0.15) is 0 Å². The minimum absolute atomic E-state index is 0.0119. The van der Waals surface area contributed by atoms with Crippen molar-refractivity contribution in [1.29, 1.82) is 0 Å². The number of para-hydroxylation sites is 2. The summed E-state index contributed by atoms with van der Waals surface area (Å²) in [5.74, 6) is -0.452. The quantitative estimate of drug-likeness (QED) is 0.194. The third kappa shape index (κ3) is 5.75. The first kappa shape index (κ1) is 38.0. The van der Waals surface area contributed by atoms with Crippen LogP contribution in [0.5, 0.6) is 5.75 Å². The van der Waals surface area contributed by atoms with E-state index in [1.165, 1.54) is 0 Å². The van der Waals surface area contributed by atoms with E-state index >= 15 is 0 Å². The van der Waals surface area contributed by atoms with E-state index in [2.05, 4.69) is 4.98 Å².